The molecule has 0 saturated heterocycles. The molecule has 0 heterocycles. The molecule has 0 saturated carbocycles. The van der Waals surface area contributed by atoms with E-state index >= 15 is 0 Å². The zero-order valence-electron chi connectivity index (χ0n) is 5.86. The number of hydrogen-bond donors (Lipinski definition) is 1. The Balaban J connectivity index is 0.00000121. The Morgan fingerprint density at radius 1 is 1.33 bits per heavy atom. The Morgan fingerprint density at radius 3 is 2.25 bits per heavy atom. The van der Waals surface area contributed by atoms with Crippen LogP contribution in [0.5, 0.6) is 5.75 Å². The standard InChI is InChI=1S/C7H5ClO2S.ClH/c8-5-1-3-6(4-2-5)10-7(9)11;/h1-4H,(H,9,11);1H. The zero-order chi connectivity index (χ0) is 8.27. The van der Waals surface area contributed by atoms with Gasteiger partial charge in [0.05, 0.1) is 0 Å². The molecule has 0 unspecified atom stereocenters. The fraction of sp³-hybridized carbons (Fsp3) is 0. The van der Waals surface area contributed by atoms with Crippen molar-refractivity contribution in [3.63, 3.8) is 0 Å². The van der Waals surface area contributed by atoms with Crippen LogP contribution in [-0.2, 0) is 0 Å². The lowest BCUT2D eigenvalue weighted by Crippen LogP contribution is -1.95. The molecular formula is C7H6Cl2O2S. The highest BCUT2D eigenvalue weighted by Crippen LogP contribution is 2.15. The quantitative estimate of drug-likeness (QED) is 0.586. The van der Waals surface area contributed by atoms with Gasteiger partial charge in [-0.3, -0.25) is 0 Å². The minimum absolute atomic E-state index is 0. The largest absolute Gasteiger partial charge is 0.419 e. The summed E-state index contributed by atoms with van der Waals surface area (Å²) in [5, 5.41) is -0.0312. The summed E-state index contributed by atoms with van der Waals surface area (Å²) in [6, 6.07) is 6.45. The first-order chi connectivity index (χ1) is 5.18. The van der Waals surface area contributed by atoms with Gasteiger partial charge in [0, 0.05) is 5.02 Å². The average Bonchev–Trinajstić information content (AvgIpc) is 1.93. The van der Waals surface area contributed by atoms with E-state index in [4.69, 9.17) is 11.6 Å². The van der Waals surface area contributed by atoms with Crippen molar-refractivity contribution in [2.75, 3.05) is 0 Å². The Bertz CT molecular complexity index is 261. The molecule has 0 amide bonds. The lowest BCUT2D eigenvalue weighted by atomic mass is 10.3. The molecule has 2 nitrogen and oxygen atoms in total. The predicted octanol–water partition coefficient (Wildman–Crippen LogP) is 3.19. The molecule has 12 heavy (non-hydrogen) atoms. The number of carbonyl (C=O) groups is 1. The second-order valence-corrected chi connectivity index (χ2v) is 2.62. The lowest BCUT2D eigenvalue weighted by Gasteiger charge is -1.98. The summed E-state index contributed by atoms with van der Waals surface area (Å²) in [6.07, 6.45) is 0. The highest BCUT2D eigenvalue weighted by molar-refractivity contribution is 7.96. The molecule has 66 valence electrons. The van der Waals surface area contributed by atoms with E-state index in [1.165, 1.54) is 0 Å². The highest BCUT2D eigenvalue weighted by Gasteiger charge is 1.96. The van der Waals surface area contributed by atoms with Gasteiger partial charge in [0.15, 0.2) is 0 Å². The van der Waals surface area contributed by atoms with Gasteiger partial charge in [0.1, 0.15) is 5.75 Å². The number of thiol groups is 1. The number of rotatable bonds is 1. The number of ether oxygens (including phenoxy) is 1. The first-order valence-electron chi connectivity index (χ1n) is 2.85. The molecule has 0 aliphatic carbocycles. The van der Waals surface area contributed by atoms with Gasteiger partial charge in [0.2, 0.25) is 0 Å². The van der Waals surface area contributed by atoms with Crippen molar-refractivity contribution in [1.82, 2.24) is 0 Å². The minimum Gasteiger partial charge on any atom is -0.419 e. The summed E-state index contributed by atoms with van der Waals surface area (Å²) >= 11 is 9.03. The number of carbonyl (C=O) groups excluding carboxylic acids is 1. The maximum Gasteiger partial charge on any atom is 0.369 e. The van der Waals surface area contributed by atoms with Gasteiger partial charge in [0.25, 0.3) is 0 Å². The van der Waals surface area contributed by atoms with Crippen LogP contribution in [0.15, 0.2) is 24.3 Å². The summed E-state index contributed by atoms with van der Waals surface area (Å²) in [4.78, 5) is 10.3. The molecule has 0 N–H and O–H groups in total. The van der Waals surface area contributed by atoms with Crippen molar-refractivity contribution in [2.45, 2.75) is 0 Å². The van der Waals surface area contributed by atoms with Gasteiger partial charge in [-0.2, -0.15) is 0 Å². The second-order valence-electron chi connectivity index (χ2n) is 1.82. The molecule has 0 fully saturated rings. The smallest absolute Gasteiger partial charge is 0.369 e. The van der Waals surface area contributed by atoms with Gasteiger partial charge in [-0.05, 0) is 24.3 Å². The molecule has 0 atom stereocenters. The summed E-state index contributed by atoms with van der Waals surface area (Å²) < 4.78 is 4.64. The SMILES string of the molecule is Cl.O=C(S)Oc1ccc(Cl)cc1. The third kappa shape index (κ3) is 3.85. The average molecular weight is 225 g/mol. The molecule has 5 heteroatoms. The van der Waals surface area contributed by atoms with E-state index in [0.29, 0.717) is 10.8 Å². The summed E-state index contributed by atoms with van der Waals surface area (Å²) in [5.41, 5.74) is 0. The molecular weight excluding hydrogens is 219 g/mol. The molecule has 1 rings (SSSR count). The second kappa shape index (κ2) is 5.30. The van der Waals surface area contributed by atoms with Gasteiger partial charge < -0.3 is 4.74 Å². The van der Waals surface area contributed by atoms with Crippen molar-refractivity contribution in [3.8, 4) is 5.75 Å². The third-order valence-corrected chi connectivity index (χ3v) is 1.36. The van der Waals surface area contributed by atoms with Crippen LogP contribution in [0.4, 0.5) is 4.79 Å². The third-order valence-electron chi connectivity index (χ3n) is 1.02. The van der Waals surface area contributed by atoms with Crippen molar-refractivity contribution in [3.05, 3.63) is 29.3 Å². The van der Waals surface area contributed by atoms with E-state index in [0.717, 1.165) is 0 Å². The molecule has 1 aromatic rings. The van der Waals surface area contributed by atoms with E-state index < -0.39 is 5.30 Å². The Kier molecular flexibility index (Phi) is 5.13. The van der Waals surface area contributed by atoms with E-state index in [1.807, 2.05) is 0 Å². The topological polar surface area (TPSA) is 26.3 Å². The predicted molar refractivity (Wildman–Crippen MR) is 53.7 cm³/mol. The Labute approximate surface area is 86.7 Å². The first kappa shape index (κ1) is 11.6. The Morgan fingerprint density at radius 2 is 1.83 bits per heavy atom. The maximum absolute atomic E-state index is 10.3. The number of benzene rings is 1. The fourth-order valence-corrected chi connectivity index (χ4v) is 0.835. The monoisotopic (exact) mass is 224 g/mol. The van der Waals surface area contributed by atoms with Crippen molar-refractivity contribution >= 4 is 41.9 Å². The normalized spacial score (nSPS) is 8.50. The maximum atomic E-state index is 10.3. The van der Waals surface area contributed by atoms with Crippen LogP contribution in [0.1, 0.15) is 0 Å². The van der Waals surface area contributed by atoms with Crippen LogP contribution < -0.4 is 4.74 Å². The lowest BCUT2D eigenvalue weighted by molar-refractivity contribution is 0.227. The fourth-order valence-electron chi connectivity index (χ4n) is 0.603. The molecule has 0 aliphatic rings. The zero-order valence-corrected chi connectivity index (χ0v) is 8.33. The first-order valence-corrected chi connectivity index (χ1v) is 3.67. The number of hydrogen-bond acceptors (Lipinski definition) is 2. The van der Waals surface area contributed by atoms with Gasteiger partial charge in [-0.15, -0.1) is 12.4 Å². The highest BCUT2D eigenvalue weighted by atomic mass is 35.5. The molecule has 0 aliphatic heterocycles. The van der Waals surface area contributed by atoms with Gasteiger partial charge in [-0.1, -0.05) is 24.2 Å². The van der Waals surface area contributed by atoms with Crippen LogP contribution >= 0.6 is 36.6 Å². The van der Waals surface area contributed by atoms with Crippen LogP contribution in [0.25, 0.3) is 0 Å². The molecule has 0 spiro atoms. The minimum atomic E-state index is -0.632. The van der Waals surface area contributed by atoms with Crippen LogP contribution in [-0.4, -0.2) is 5.30 Å². The summed E-state index contributed by atoms with van der Waals surface area (Å²) in [6.45, 7) is 0. The summed E-state index contributed by atoms with van der Waals surface area (Å²) in [5.74, 6) is 0.439. The number of halogens is 2. The van der Waals surface area contributed by atoms with Crippen LogP contribution in [0, 0.1) is 0 Å². The van der Waals surface area contributed by atoms with Crippen LogP contribution in [0.3, 0.4) is 0 Å². The van der Waals surface area contributed by atoms with Crippen molar-refractivity contribution < 1.29 is 9.53 Å². The van der Waals surface area contributed by atoms with Crippen LogP contribution in [0.2, 0.25) is 5.02 Å². The molecule has 0 bridgehead atoms. The van der Waals surface area contributed by atoms with Gasteiger partial charge >= 0.3 is 5.30 Å². The van der Waals surface area contributed by atoms with Crippen molar-refractivity contribution in [2.24, 2.45) is 0 Å². The Hall–Kier alpha value is -0.380. The van der Waals surface area contributed by atoms with E-state index in [9.17, 15) is 4.79 Å². The van der Waals surface area contributed by atoms with E-state index in [2.05, 4.69) is 17.4 Å². The molecule has 0 radical (unpaired) electrons. The summed E-state index contributed by atoms with van der Waals surface area (Å²) in [7, 11) is 0. The molecule has 1 aromatic carbocycles. The van der Waals surface area contributed by atoms with E-state index in [1.54, 1.807) is 24.3 Å². The van der Waals surface area contributed by atoms with Gasteiger partial charge in [-0.25, -0.2) is 4.79 Å². The van der Waals surface area contributed by atoms with E-state index in [-0.39, 0.29) is 12.4 Å². The molecule has 0 aromatic heterocycles. The van der Waals surface area contributed by atoms with Crippen molar-refractivity contribution in [1.29, 1.82) is 0 Å².